The van der Waals surface area contributed by atoms with Crippen molar-refractivity contribution in [2.24, 2.45) is 12.5 Å². The first-order valence-electron chi connectivity index (χ1n) is 10.7. The third-order valence-electron chi connectivity index (χ3n) is 5.77. The van der Waals surface area contributed by atoms with Gasteiger partial charge in [0, 0.05) is 21.3 Å². The molecule has 1 aliphatic rings. The Morgan fingerprint density at radius 3 is 2.62 bits per heavy atom. The number of benzene rings is 1. The molecule has 7 nitrogen and oxygen atoms in total. The molecular weight excluding hydrogens is 470 g/mol. The van der Waals surface area contributed by atoms with Gasteiger partial charge in [0.1, 0.15) is 17.3 Å². The zero-order valence-corrected chi connectivity index (χ0v) is 20.1. The Hall–Kier alpha value is -3.61. The highest BCUT2D eigenvalue weighted by Crippen LogP contribution is 2.45. The van der Waals surface area contributed by atoms with Gasteiger partial charge in [0.2, 0.25) is 0 Å². The number of aromatic nitrogens is 2. The normalized spacial score (nSPS) is 14.8. The number of fused-ring (bicyclic) bond motifs is 1. The lowest BCUT2D eigenvalue weighted by molar-refractivity contribution is -0.141. The molecule has 1 amide bonds. The summed E-state index contributed by atoms with van der Waals surface area (Å²) in [5.41, 5.74) is 0.859. The van der Waals surface area contributed by atoms with Crippen molar-refractivity contribution in [3.05, 3.63) is 59.1 Å². The number of nitrogens with one attached hydrogen (secondary N) is 1. The van der Waals surface area contributed by atoms with Crippen LogP contribution in [0.25, 0.3) is 19.8 Å². The summed E-state index contributed by atoms with van der Waals surface area (Å²) >= 11 is 3.10. The first-order chi connectivity index (χ1) is 16.3. The maximum absolute atomic E-state index is 12.6. The van der Waals surface area contributed by atoms with Crippen LogP contribution in [-0.4, -0.2) is 26.9 Å². The number of aryl methyl sites for hydroxylation is 1. The molecule has 0 saturated heterocycles. The minimum atomic E-state index is -0.856. The van der Waals surface area contributed by atoms with Crippen molar-refractivity contribution in [1.29, 1.82) is 0 Å². The van der Waals surface area contributed by atoms with Crippen LogP contribution in [-0.2, 0) is 16.6 Å². The standard InChI is InChI=1S/C25H21N3O4S2/c1-15(16-6-4-3-5-7-16)32-24(31)27-22-18(14-26-28(22)2)19-13-21-20(34-19)12-17(33-21)8-9-25(10-11-25)23(29)30/h3-7,12-15H,10-11H2,1-2H3,(H,27,31)(H,29,30)/t15-/m1/s1. The van der Waals surface area contributed by atoms with E-state index in [-0.39, 0.29) is 6.10 Å². The Balaban J connectivity index is 1.33. The van der Waals surface area contributed by atoms with Gasteiger partial charge in [-0.25, -0.2) is 4.79 Å². The number of ether oxygens (including phenoxy) is 1. The summed E-state index contributed by atoms with van der Waals surface area (Å²) in [6, 6.07) is 13.6. The van der Waals surface area contributed by atoms with Gasteiger partial charge in [-0.2, -0.15) is 5.10 Å². The van der Waals surface area contributed by atoms with E-state index in [1.807, 2.05) is 49.4 Å². The second-order valence-electron chi connectivity index (χ2n) is 8.20. The molecular formula is C25H21N3O4S2. The molecule has 34 heavy (non-hydrogen) atoms. The summed E-state index contributed by atoms with van der Waals surface area (Å²) in [6.45, 7) is 1.83. The number of carbonyl (C=O) groups is 2. The number of anilines is 1. The molecule has 5 rings (SSSR count). The lowest BCUT2D eigenvalue weighted by atomic mass is 10.1. The number of carbonyl (C=O) groups excluding carboxylic acids is 1. The number of thiophene rings is 2. The lowest BCUT2D eigenvalue weighted by Crippen LogP contribution is -2.18. The quantitative estimate of drug-likeness (QED) is 0.340. The van der Waals surface area contributed by atoms with Crippen LogP contribution >= 0.6 is 22.7 Å². The van der Waals surface area contributed by atoms with Gasteiger partial charge in [-0.15, -0.1) is 22.7 Å². The van der Waals surface area contributed by atoms with Crippen LogP contribution < -0.4 is 5.32 Å². The average molecular weight is 492 g/mol. The van der Waals surface area contributed by atoms with Crippen LogP contribution in [0.3, 0.4) is 0 Å². The van der Waals surface area contributed by atoms with Gasteiger partial charge < -0.3 is 9.84 Å². The fraction of sp³-hybridized carbons (Fsp3) is 0.240. The molecule has 1 fully saturated rings. The van der Waals surface area contributed by atoms with Crippen molar-refractivity contribution in [3.63, 3.8) is 0 Å². The summed E-state index contributed by atoms with van der Waals surface area (Å²) in [7, 11) is 1.76. The summed E-state index contributed by atoms with van der Waals surface area (Å²) < 4.78 is 9.27. The van der Waals surface area contributed by atoms with E-state index in [1.165, 1.54) is 11.3 Å². The molecule has 0 spiro atoms. The lowest BCUT2D eigenvalue weighted by Gasteiger charge is -2.14. The molecule has 2 N–H and O–H groups in total. The first-order valence-corrected chi connectivity index (χ1v) is 12.3. The van der Waals surface area contributed by atoms with Crippen molar-refractivity contribution in [1.82, 2.24) is 9.78 Å². The molecule has 3 heterocycles. The maximum atomic E-state index is 12.6. The largest absolute Gasteiger partial charge is 0.480 e. The Morgan fingerprint density at radius 1 is 1.21 bits per heavy atom. The van der Waals surface area contributed by atoms with E-state index < -0.39 is 17.5 Å². The summed E-state index contributed by atoms with van der Waals surface area (Å²) in [5.74, 6) is 5.69. The first kappa shape index (κ1) is 22.2. The fourth-order valence-electron chi connectivity index (χ4n) is 3.57. The van der Waals surface area contributed by atoms with Gasteiger partial charge in [0.15, 0.2) is 0 Å². The second-order valence-corrected chi connectivity index (χ2v) is 10.4. The number of amides is 1. The van der Waals surface area contributed by atoms with Crippen LogP contribution in [0.4, 0.5) is 10.6 Å². The minimum absolute atomic E-state index is 0.389. The van der Waals surface area contributed by atoms with Crippen LogP contribution in [0.15, 0.2) is 48.7 Å². The van der Waals surface area contributed by atoms with Gasteiger partial charge >= 0.3 is 12.1 Å². The zero-order valence-electron chi connectivity index (χ0n) is 18.5. The zero-order chi connectivity index (χ0) is 23.9. The molecule has 0 aliphatic heterocycles. The number of aliphatic carboxylic acids is 1. The number of carboxylic acids is 1. The molecule has 1 aromatic carbocycles. The van der Waals surface area contributed by atoms with Gasteiger partial charge in [0.25, 0.3) is 0 Å². The van der Waals surface area contributed by atoms with E-state index in [0.29, 0.717) is 18.7 Å². The Labute approximate surface area is 204 Å². The Kier molecular flexibility index (Phi) is 5.63. The average Bonchev–Trinajstić information content (AvgIpc) is 3.20. The topological polar surface area (TPSA) is 93.4 Å². The van der Waals surface area contributed by atoms with Crippen molar-refractivity contribution in [3.8, 4) is 22.3 Å². The third kappa shape index (κ3) is 4.30. The number of rotatable bonds is 5. The van der Waals surface area contributed by atoms with E-state index in [4.69, 9.17) is 4.74 Å². The smallest absolute Gasteiger partial charge is 0.413 e. The predicted molar refractivity (Wildman–Crippen MR) is 133 cm³/mol. The highest BCUT2D eigenvalue weighted by atomic mass is 32.1. The van der Waals surface area contributed by atoms with Crippen LogP contribution in [0.2, 0.25) is 0 Å². The van der Waals surface area contributed by atoms with Gasteiger partial charge in [-0.3, -0.25) is 14.8 Å². The molecule has 4 aromatic rings. The number of hydrogen-bond donors (Lipinski definition) is 2. The number of hydrogen-bond acceptors (Lipinski definition) is 6. The van der Waals surface area contributed by atoms with E-state index in [0.717, 1.165) is 30.3 Å². The third-order valence-corrected chi connectivity index (χ3v) is 8.01. The van der Waals surface area contributed by atoms with Crippen LogP contribution in [0.5, 0.6) is 0 Å². The monoisotopic (exact) mass is 491 g/mol. The van der Waals surface area contributed by atoms with Gasteiger partial charge in [-0.05, 0) is 37.5 Å². The van der Waals surface area contributed by atoms with Crippen molar-refractivity contribution >= 4 is 50.0 Å². The molecule has 0 radical (unpaired) electrons. The predicted octanol–water partition coefficient (Wildman–Crippen LogP) is 5.89. The van der Waals surface area contributed by atoms with Crippen molar-refractivity contribution in [2.75, 3.05) is 5.32 Å². The fourth-order valence-corrected chi connectivity index (χ4v) is 5.83. The van der Waals surface area contributed by atoms with Crippen LogP contribution in [0.1, 0.15) is 36.3 Å². The maximum Gasteiger partial charge on any atom is 0.413 e. The molecule has 9 heteroatoms. The Morgan fingerprint density at radius 2 is 1.94 bits per heavy atom. The highest BCUT2D eigenvalue weighted by molar-refractivity contribution is 7.29. The molecule has 1 aliphatic carbocycles. The molecule has 0 bridgehead atoms. The number of carboxylic acid groups (broad SMARTS) is 1. The summed E-state index contributed by atoms with van der Waals surface area (Å²) in [5, 5.41) is 16.4. The van der Waals surface area contributed by atoms with Crippen molar-refractivity contribution in [2.45, 2.75) is 25.9 Å². The Bertz CT molecular complexity index is 1420. The van der Waals surface area contributed by atoms with E-state index in [1.54, 1.807) is 29.3 Å². The minimum Gasteiger partial charge on any atom is -0.480 e. The van der Waals surface area contributed by atoms with Gasteiger partial charge in [0.05, 0.1) is 16.6 Å². The highest BCUT2D eigenvalue weighted by Gasteiger charge is 2.49. The van der Waals surface area contributed by atoms with E-state index >= 15 is 0 Å². The molecule has 3 aromatic heterocycles. The van der Waals surface area contributed by atoms with E-state index in [9.17, 15) is 14.7 Å². The SMILES string of the molecule is C[C@@H](OC(=O)Nc1c(-c2cc3sc(C#CC4(C(=O)O)CC4)cc3s2)cnn1C)c1ccccc1. The molecule has 1 saturated carbocycles. The summed E-state index contributed by atoms with van der Waals surface area (Å²) in [6.07, 6.45) is 2.01. The van der Waals surface area contributed by atoms with E-state index in [2.05, 4.69) is 22.3 Å². The number of nitrogens with zero attached hydrogens (tertiary/aromatic N) is 2. The molecule has 1 atom stereocenters. The summed E-state index contributed by atoms with van der Waals surface area (Å²) in [4.78, 5) is 25.7. The molecule has 172 valence electrons. The van der Waals surface area contributed by atoms with Gasteiger partial charge in [-0.1, -0.05) is 42.2 Å². The van der Waals surface area contributed by atoms with Crippen molar-refractivity contribution < 1.29 is 19.4 Å². The second kappa shape index (κ2) is 8.63. The van der Waals surface area contributed by atoms with Crippen LogP contribution in [0, 0.1) is 17.3 Å². The molecule has 0 unspecified atom stereocenters.